The molecule has 2 N–H and O–H groups in total. The molecule has 6 heteroatoms. The van der Waals surface area contributed by atoms with E-state index in [4.69, 9.17) is 13.9 Å². The van der Waals surface area contributed by atoms with Crippen molar-refractivity contribution in [3.05, 3.63) is 41.9 Å². The minimum absolute atomic E-state index is 0.0860. The van der Waals surface area contributed by atoms with Crippen molar-refractivity contribution in [3.8, 4) is 17.2 Å². The third-order valence-corrected chi connectivity index (χ3v) is 3.05. The van der Waals surface area contributed by atoms with E-state index in [9.17, 15) is 9.90 Å². The number of aromatic hydroxyl groups is 1. The molecular formula is C14H13NO5. The standard InChI is InChI=1S/C14H13NO5/c1-8(11-3-2-4-18-11)15-14(17)9-5-12-13(6-10(9)16)20-7-19-12/h2-6,8,16H,7H2,1H3,(H,15,17). The summed E-state index contributed by atoms with van der Waals surface area (Å²) >= 11 is 0. The number of phenolic OH excluding ortho intramolecular Hbond substituents is 1. The lowest BCUT2D eigenvalue weighted by molar-refractivity contribution is 0.0932. The Morgan fingerprint density at radius 3 is 2.80 bits per heavy atom. The Morgan fingerprint density at radius 2 is 2.10 bits per heavy atom. The lowest BCUT2D eigenvalue weighted by atomic mass is 10.1. The van der Waals surface area contributed by atoms with Crippen molar-refractivity contribution in [1.82, 2.24) is 5.32 Å². The van der Waals surface area contributed by atoms with Gasteiger partial charge in [0, 0.05) is 12.1 Å². The van der Waals surface area contributed by atoms with Crippen LogP contribution < -0.4 is 14.8 Å². The largest absolute Gasteiger partial charge is 0.507 e. The Kier molecular flexibility index (Phi) is 2.98. The number of fused-ring (bicyclic) bond motifs is 1. The Labute approximate surface area is 114 Å². The number of amides is 1. The molecule has 104 valence electrons. The van der Waals surface area contributed by atoms with Crippen LogP contribution in [-0.4, -0.2) is 17.8 Å². The zero-order valence-corrected chi connectivity index (χ0v) is 10.8. The first-order chi connectivity index (χ1) is 9.65. The van der Waals surface area contributed by atoms with Crippen LogP contribution >= 0.6 is 0 Å². The van der Waals surface area contributed by atoms with Crippen LogP contribution in [0.15, 0.2) is 34.9 Å². The molecule has 1 aliphatic heterocycles. The molecule has 1 atom stereocenters. The third-order valence-electron chi connectivity index (χ3n) is 3.05. The van der Waals surface area contributed by atoms with Crippen LogP contribution in [0.5, 0.6) is 17.2 Å². The molecule has 2 heterocycles. The first-order valence-corrected chi connectivity index (χ1v) is 6.12. The van der Waals surface area contributed by atoms with Crippen molar-refractivity contribution < 1.29 is 23.8 Å². The number of furan rings is 1. The van der Waals surface area contributed by atoms with Gasteiger partial charge in [0.25, 0.3) is 5.91 Å². The van der Waals surface area contributed by atoms with Crippen molar-refractivity contribution in [1.29, 1.82) is 0 Å². The van der Waals surface area contributed by atoms with E-state index in [1.807, 2.05) is 0 Å². The number of ether oxygens (including phenoxy) is 2. The second-order valence-corrected chi connectivity index (χ2v) is 4.43. The lowest BCUT2D eigenvalue weighted by Gasteiger charge is -2.12. The fourth-order valence-electron chi connectivity index (χ4n) is 2.00. The van der Waals surface area contributed by atoms with Crippen molar-refractivity contribution >= 4 is 5.91 Å². The zero-order valence-electron chi connectivity index (χ0n) is 10.8. The molecule has 0 saturated carbocycles. The quantitative estimate of drug-likeness (QED) is 0.897. The smallest absolute Gasteiger partial charge is 0.255 e. The van der Waals surface area contributed by atoms with Crippen LogP contribution in [0.3, 0.4) is 0 Å². The van der Waals surface area contributed by atoms with Crippen molar-refractivity contribution in [2.45, 2.75) is 13.0 Å². The highest BCUT2D eigenvalue weighted by atomic mass is 16.7. The van der Waals surface area contributed by atoms with Crippen LogP contribution in [-0.2, 0) is 0 Å². The van der Waals surface area contributed by atoms with E-state index in [1.54, 1.807) is 19.1 Å². The molecule has 0 saturated heterocycles. The molecule has 3 rings (SSSR count). The van der Waals surface area contributed by atoms with Crippen LogP contribution in [0.2, 0.25) is 0 Å². The van der Waals surface area contributed by atoms with Gasteiger partial charge in [-0.15, -0.1) is 0 Å². The molecule has 1 amide bonds. The maximum absolute atomic E-state index is 12.2. The zero-order chi connectivity index (χ0) is 14.1. The van der Waals surface area contributed by atoms with Crippen molar-refractivity contribution in [3.63, 3.8) is 0 Å². The number of hydrogen-bond donors (Lipinski definition) is 2. The van der Waals surface area contributed by atoms with Crippen LogP contribution in [0, 0.1) is 0 Å². The van der Waals surface area contributed by atoms with Gasteiger partial charge in [-0.25, -0.2) is 0 Å². The Hall–Kier alpha value is -2.63. The summed E-state index contributed by atoms with van der Waals surface area (Å²) < 4.78 is 15.5. The van der Waals surface area contributed by atoms with Gasteiger partial charge >= 0.3 is 0 Å². The van der Waals surface area contributed by atoms with Gasteiger partial charge in [0.15, 0.2) is 11.5 Å². The normalized spacial score (nSPS) is 14.1. The molecule has 0 radical (unpaired) electrons. The highest BCUT2D eigenvalue weighted by Crippen LogP contribution is 2.37. The van der Waals surface area contributed by atoms with E-state index in [2.05, 4.69) is 5.32 Å². The number of carbonyl (C=O) groups is 1. The Morgan fingerprint density at radius 1 is 1.35 bits per heavy atom. The Balaban J connectivity index is 1.81. The molecule has 0 aliphatic carbocycles. The summed E-state index contributed by atoms with van der Waals surface area (Å²) in [5.74, 6) is 0.943. The fourth-order valence-corrected chi connectivity index (χ4v) is 2.00. The second kappa shape index (κ2) is 4.80. The third kappa shape index (κ3) is 2.16. The summed E-state index contributed by atoms with van der Waals surface area (Å²) in [5.41, 5.74) is 0.132. The van der Waals surface area contributed by atoms with E-state index in [1.165, 1.54) is 18.4 Å². The van der Waals surface area contributed by atoms with E-state index >= 15 is 0 Å². The summed E-state index contributed by atoms with van der Waals surface area (Å²) in [5, 5.41) is 12.6. The highest BCUT2D eigenvalue weighted by Gasteiger charge is 2.22. The molecule has 1 aliphatic rings. The molecule has 0 spiro atoms. The highest BCUT2D eigenvalue weighted by molar-refractivity contribution is 5.97. The molecule has 6 nitrogen and oxygen atoms in total. The van der Waals surface area contributed by atoms with Gasteiger partial charge < -0.3 is 24.3 Å². The first-order valence-electron chi connectivity index (χ1n) is 6.12. The number of nitrogens with one attached hydrogen (secondary N) is 1. The number of carbonyl (C=O) groups excluding carboxylic acids is 1. The van der Waals surface area contributed by atoms with Gasteiger partial charge in [-0.1, -0.05) is 0 Å². The van der Waals surface area contributed by atoms with Gasteiger partial charge in [0.05, 0.1) is 17.9 Å². The van der Waals surface area contributed by atoms with Gasteiger partial charge in [-0.2, -0.15) is 0 Å². The average Bonchev–Trinajstić information content (AvgIpc) is 3.08. The van der Waals surface area contributed by atoms with Gasteiger partial charge in [0.1, 0.15) is 11.5 Å². The van der Waals surface area contributed by atoms with Gasteiger partial charge in [0.2, 0.25) is 6.79 Å². The maximum atomic E-state index is 12.2. The predicted octanol–water partition coefficient (Wildman–Crippen LogP) is 2.20. The lowest BCUT2D eigenvalue weighted by Crippen LogP contribution is -2.26. The van der Waals surface area contributed by atoms with Crippen LogP contribution in [0.25, 0.3) is 0 Å². The molecule has 2 aromatic rings. The average molecular weight is 275 g/mol. The minimum Gasteiger partial charge on any atom is -0.507 e. The summed E-state index contributed by atoms with van der Waals surface area (Å²) in [6.45, 7) is 1.88. The molecule has 0 bridgehead atoms. The number of rotatable bonds is 3. The summed E-state index contributed by atoms with van der Waals surface area (Å²) in [6.07, 6.45) is 1.54. The maximum Gasteiger partial charge on any atom is 0.255 e. The number of hydrogen-bond acceptors (Lipinski definition) is 5. The van der Waals surface area contributed by atoms with Gasteiger partial charge in [-0.3, -0.25) is 4.79 Å². The summed E-state index contributed by atoms with van der Waals surface area (Å²) in [4.78, 5) is 12.2. The molecule has 20 heavy (non-hydrogen) atoms. The van der Waals surface area contributed by atoms with E-state index in [-0.39, 0.29) is 24.1 Å². The summed E-state index contributed by atoms with van der Waals surface area (Å²) in [7, 11) is 0. The molecule has 1 aromatic carbocycles. The number of phenols is 1. The second-order valence-electron chi connectivity index (χ2n) is 4.43. The van der Waals surface area contributed by atoms with Gasteiger partial charge in [-0.05, 0) is 19.1 Å². The summed E-state index contributed by atoms with van der Waals surface area (Å²) in [6, 6.07) is 6.04. The van der Waals surface area contributed by atoms with Crippen molar-refractivity contribution in [2.24, 2.45) is 0 Å². The minimum atomic E-state index is -0.412. The predicted molar refractivity (Wildman–Crippen MR) is 68.8 cm³/mol. The van der Waals surface area contributed by atoms with E-state index in [0.29, 0.717) is 17.3 Å². The van der Waals surface area contributed by atoms with Crippen LogP contribution in [0.1, 0.15) is 29.1 Å². The van der Waals surface area contributed by atoms with Crippen LogP contribution in [0.4, 0.5) is 0 Å². The topological polar surface area (TPSA) is 80.9 Å². The molecule has 0 fully saturated rings. The SMILES string of the molecule is CC(NC(=O)c1cc2c(cc1O)OCO2)c1ccco1. The number of benzene rings is 1. The monoisotopic (exact) mass is 275 g/mol. The molecule has 1 aromatic heterocycles. The molecule has 1 unspecified atom stereocenters. The van der Waals surface area contributed by atoms with E-state index < -0.39 is 5.91 Å². The fraction of sp³-hybridized carbons (Fsp3) is 0.214. The Bertz CT molecular complexity index is 635. The molecular weight excluding hydrogens is 262 g/mol. The van der Waals surface area contributed by atoms with E-state index in [0.717, 1.165) is 0 Å². The first kappa shape index (κ1) is 12.4. The van der Waals surface area contributed by atoms with Crippen molar-refractivity contribution in [2.75, 3.05) is 6.79 Å².